The van der Waals surface area contributed by atoms with Crippen LogP contribution in [0.4, 0.5) is 11.5 Å². The van der Waals surface area contributed by atoms with Crippen LogP contribution in [0.5, 0.6) is 0 Å². The van der Waals surface area contributed by atoms with E-state index in [4.69, 9.17) is 0 Å². The van der Waals surface area contributed by atoms with Crippen molar-refractivity contribution < 1.29 is 0 Å². The third-order valence-electron chi connectivity index (χ3n) is 3.53. The molecule has 0 bridgehead atoms. The number of anilines is 2. The van der Waals surface area contributed by atoms with Crippen LogP contribution in [0, 0.1) is 12.8 Å². The van der Waals surface area contributed by atoms with E-state index in [9.17, 15) is 0 Å². The SMILES string of the molecule is Cc1ccccc1N(C)c1ncccc1CNCC(C)C. The Hall–Kier alpha value is -1.87. The van der Waals surface area contributed by atoms with Gasteiger partial charge in [-0.15, -0.1) is 0 Å². The molecule has 0 atom stereocenters. The quantitative estimate of drug-likeness (QED) is 0.871. The lowest BCUT2D eigenvalue weighted by molar-refractivity contribution is 0.552. The summed E-state index contributed by atoms with van der Waals surface area (Å²) >= 11 is 0. The van der Waals surface area contributed by atoms with E-state index in [1.54, 1.807) is 0 Å². The average molecular weight is 283 g/mol. The lowest BCUT2D eigenvalue weighted by Crippen LogP contribution is -2.22. The Kier molecular flexibility index (Phi) is 5.34. The van der Waals surface area contributed by atoms with Crippen molar-refractivity contribution in [3.05, 3.63) is 53.7 Å². The second-order valence-corrected chi connectivity index (χ2v) is 5.86. The lowest BCUT2D eigenvalue weighted by atomic mass is 10.1. The summed E-state index contributed by atoms with van der Waals surface area (Å²) in [5, 5.41) is 3.50. The van der Waals surface area contributed by atoms with E-state index in [0.717, 1.165) is 18.9 Å². The molecule has 1 N–H and O–H groups in total. The summed E-state index contributed by atoms with van der Waals surface area (Å²) in [6.07, 6.45) is 1.86. The Morgan fingerprint density at radius 3 is 2.62 bits per heavy atom. The molecule has 0 aliphatic heterocycles. The van der Waals surface area contributed by atoms with Crippen LogP contribution in [0.1, 0.15) is 25.0 Å². The highest BCUT2D eigenvalue weighted by atomic mass is 15.2. The number of nitrogens with one attached hydrogen (secondary N) is 1. The van der Waals surface area contributed by atoms with Crippen LogP contribution in [0.3, 0.4) is 0 Å². The van der Waals surface area contributed by atoms with Crippen molar-refractivity contribution in [3.8, 4) is 0 Å². The number of benzene rings is 1. The van der Waals surface area contributed by atoms with E-state index >= 15 is 0 Å². The Morgan fingerprint density at radius 1 is 1.14 bits per heavy atom. The first-order chi connectivity index (χ1) is 10.1. The van der Waals surface area contributed by atoms with Gasteiger partial charge in [-0.25, -0.2) is 4.98 Å². The van der Waals surface area contributed by atoms with Gasteiger partial charge in [-0.2, -0.15) is 0 Å². The van der Waals surface area contributed by atoms with Gasteiger partial charge in [0, 0.05) is 31.0 Å². The zero-order valence-corrected chi connectivity index (χ0v) is 13.4. The summed E-state index contributed by atoms with van der Waals surface area (Å²) in [7, 11) is 2.08. The van der Waals surface area contributed by atoms with Crippen molar-refractivity contribution in [2.75, 3.05) is 18.5 Å². The van der Waals surface area contributed by atoms with E-state index < -0.39 is 0 Å². The molecule has 0 spiro atoms. The van der Waals surface area contributed by atoms with E-state index in [1.165, 1.54) is 16.8 Å². The van der Waals surface area contributed by atoms with E-state index in [0.29, 0.717) is 5.92 Å². The summed E-state index contributed by atoms with van der Waals surface area (Å²) in [5.74, 6) is 1.67. The number of para-hydroxylation sites is 1. The standard InChI is InChI=1S/C18H25N3/c1-14(2)12-19-13-16-9-7-11-20-18(16)21(4)17-10-6-5-8-15(17)3/h5-11,14,19H,12-13H2,1-4H3. The van der Waals surface area contributed by atoms with Gasteiger partial charge in [-0.05, 0) is 37.1 Å². The summed E-state index contributed by atoms with van der Waals surface area (Å²) in [5.41, 5.74) is 3.68. The third-order valence-corrected chi connectivity index (χ3v) is 3.53. The normalized spacial score (nSPS) is 10.9. The first-order valence-electron chi connectivity index (χ1n) is 7.53. The number of aryl methyl sites for hydroxylation is 1. The molecule has 0 saturated heterocycles. The number of rotatable bonds is 6. The van der Waals surface area contributed by atoms with Gasteiger partial charge in [-0.3, -0.25) is 0 Å². The van der Waals surface area contributed by atoms with Gasteiger partial charge in [0.15, 0.2) is 0 Å². The first-order valence-corrected chi connectivity index (χ1v) is 7.53. The van der Waals surface area contributed by atoms with E-state index in [-0.39, 0.29) is 0 Å². The number of hydrogen-bond donors (Lipinski definition) is 1. The Labute approximate surface area is 128 Å². The fraction of sp³-hybridized carbons (Fsp3) is 0.389. The molecular formula is C18H25N3. The highest BCUT2D eigenvalue weighted by molar-refractivity contribution is 5.65. The molecule has 21 heavy (non-hydrogen) atoms. The van der Waals surface area contributed by atoms with Crippen LogP contribution in [0.25, 0.3) is 0 Å². The van der Waals surface area contributed by atoms with Crippen molar-refractivity contribution in [2.24, 2.45) is 5.92 Å². The monoisotopic (exact) mass is 283 g/mol. The summed E-state index contributed by atoms with van der Waals surface area (Å²) in [6, 6.07) is 12.5. The highest BCUT2D eigenvalue weighted by Crippen LogP contribution is 2.27. The van der Waals surface area contributed by atoms with Crippen LogP contribution in [0.15, 0.2) is 42.6 Å². The minimum absolute atomic E-state index is 0.652. The Morgan fingerprint density at radius 2 is 1.90 bits per heavy atom. The van der Waals surface area contributed by atoms with Crippen LogP contribution < -0.4 is 10.2 Å². The summed E-state index contributed by atoms with van der Waals surface area (Å²) in [4.78, 5) is 6.75. The predicted molar refractivity (Wildman–Crippen MR) is 90.0 cm³/mol. The zero-order chi connectivity index (χ0) is 15.2. The molecule has 112 valence electrons. The Balaban J connectivity index is 2.21. The van der Waals surface area contributed by atoms with Crippen LogP contribution in [0.2, 0.25) is 0 Å². The summed E-state index contributed by atoms with van der Waals surface area (Å²) < 4.78 is 0. The fourth-order valence-corrected chi connectivity index (χ4v) is 2.42. The minimum Gasteiger partial charge on any atom is -0.329 e. The lowest BCUT2D eigenvalue weighted by Gasteiger charge is -2.23. The van der Waals surface area contributed by atoms with Crippen molar-refractivity contribution >= 4 is 11.5 Å². The van der Waals surface area contributed by atoms with E-state index in [1.807, 2.05) is 12.3 Å². The predicted octanol–water partition coefficient (Wildman–Crippen LogP) is 3.90. The van der Waals surface area contributed by atoms with Gasteiger partial charge in [-0.1, -0.05) is 38.1 Å². The van der Waals surface area contributed by atoms with E-state index in [2.05, 4.69) is 73.4 Å². The van der Waals surface area contributed by atoms with Gasteiger partial charge in [0.1, 0.15) is 5.82 Å². The van der Waals surface area contributed by atoms with Crippen molar-refractivity contribution in [3.63, 3.8) is 0 Å². The molecule has 1 aromatic carbocycles. The van der Waals surface area contributed by atoms with Crippen molar-refractivity contribution in [1.82, 2.24) is 10.3 Å². The number of aromatic nitrogens is 1. The second-order valence-electron chi connectivity index (χ2n) is 5.86. The molecule has 0 fully saturated rings. The smallest absolute Gasteiger partial charge is 0.137 e. The molecule has 3 heteroatoms. The maximum absolute atomic E-state index is 4.58. The molecule has 0 radical (unpaired) electrons. The Bertz CT molecular complexity index is 578. The molecule has 1 aromatic heterocycles. The molecule has 2 aromatic rings. The maximum atomic E-state index is 4.58. The van der Waals surface area contributed by atoms with Crippen molar-refractivity contribution in [1.29, 1.82) is 0 Å². The zero-order valence-electron chi connectivity index (χ0n) is 13.4. The first kappa shape index (κ1) is 15.5. The van der Waals surface area contributed by atoms with Gasteiger partial charge >= 0.3 is 0 Å². The summed E-state index contributed by atoms with van der Waals surface area (Å²) in [6.45, 7) is 8.43. The molecule has 0 amide bonds. The third kappa shape index (κ3) is 4.05. The molecule has 1 heterocycles. The minimum atomic E-state index is 0.652. The van der Waals surface area contributed by atoms with Gasteiger partial charge < -0.3 is 10.2 Å². The largest absolute Gasteiger partial charge is 0.329 e. The van der Waals surface area contributed by atoms with Crippen LogP contribution in [-0.2, 0) is 6.54 Å². The fourth-order valence-electron chi connectivity index (χ4n) is 2.42. The molecule has 0 aliphatic rings. The molecule has 0 saturated carbocycles. The van der Waals surface area contributed by atoms with Gasteiger partial charge in [0.2, 0.25) is 0 Å². The topological polar surface area (TPSA) is 28.2 Å². The van der Waals surface area contributed by atoms with Crippen LogP contribution >= 0.6 is 0 Å². The van der Waals surface area contributed by atoms with Gasteiger partial charge in [0.05, 0.1) is 0 Å². The molecule has 0 aliphatic carbocycles. The number of pyridine rings is 1. The van der Waals surface area contributed by atoms with Gasteiger partial charge in [0.25, 0.3) is 0 Å². The molecule has 2 rings (SSSR count). The highest BCUT2D eigenvalue weighted by Gasteiger charge is 2.11. The van der Waals surface area contributed by atoms with Crippen molar-refractivity contribution in [2.45, 2.75) is 27.3 Å². The molecular weight excluding hydrogens is 258 g/mol. The maximum Gasteiger partial charge on any atom is 0.137 e. The molecule has 3 nitrogen and oxygen atoms in total. The number of hydrogen-bond acceptors (Lipinski definition) is 3. The average Bonchev–Trinajstić information content (AvgIpc) is 2.47. The second kappa shape index (κ2) is 7.23. The molecule has 0 unspecified atom stereocenters. The number of nitrogens with zero attached hydrogens (tertiary/aromatic N) is 2. The van der Waals surface area contributed by atoms with Crippen LogP contribution in [-0.4, -0.2) is 18.6 Å².